The van der Waals surface area contributed by atoms with Gasteiger partial charge in [-0.3, -0.25) is 4.79 Å². The quantitative estimate of drug-likeness (QED) is 0.788. The Labute approximate surface area is 87.2 Å². The van der Waals surface area contributed by atoms with E-state index in [9.17, 15) is 9.59 Å². The molecule has 0 bridgehead atoms. The third-order valence-corrected chi connectivity index (χ3v) is 1.78. The fourth-order valence-electron chi connectivity index (χ4n) is 1.10. The van der Waals surface area contributed by atoms with E-state index in [2.05, 4.69) is 5.32 Å². The molecule has 0 spiro atoms. The van der Waals surface area contributed by atoms with Crippen LogP contribution >= 0.6 is 0 Å². The molecule has 0 saturated heterocycles. The first kappa shape index (κ1) is 11.0. The highest BCUT2D eigenvalue weighted by atomic mass is 16.4. The molecule has 4 heteroatoms. The highest BCUT2D eigenvalue weighted by Gasteiger charge is 2.14. The maximum Gasteiger partial charge on any atom is 0.336 e. The number of hydrogen-bond acceptors (Lipinski definition) is 2. The smallest absolute Gasteiger partial charge is 0.336 e. The lowest BCUT2D eigenvalue weighted by atomic mass is 10.1. The number of carboxylic acid groups (broad SMARTS) is 1. The van der Waals surface area contributed by atoms with Crippen LogP contribution in [0.25, 0.3) is 0 Å². The summed E-state index contributed by atoms with van der Waals surface area (Å²) < 4.78 is 0. The van der Waals surface area contributed by atoms with Crippen molar-refractivity contribution in [2.75, 3.05) is 0 Å². The van der Waals surface area contributed by atoms with Crippen molar-refractivity contribution in [2.24, 2.45) is 0 Å². The molecule has 2 N–H and O–H groups in total. The van der Waals surface area contributed by atoms with Crippen LogP contribution in [0.15, 0.2) is 36.5 Å². The van der Waals surface area contributed by atoms with Crippen LogP contribution in [0.3, 0.4) is 0 Å². The fraction of sp³-hybridized carbons (Fsp3) is 0.0909. The highest BCUT2D eigenvalue weighted by Crippen LogP contribution is 2.08. The molecule has 1 rings (SSSR count). The molecular formula is C11H11NO3. The van der Waals surface area contributed by atoms with Crippen molar-refractivity contribution in [3.63, 3.8) is 0 Å². The molecule has 15 heavy (non-hydrogen) atoms. The first-order chi connectivity index (χ1) is 7.16. The van der Waals surface area contributed by atoms with Gasteiger partial charge in [0.15, 0.2) is 0 Å². The predicted molar refractivity (Wildman–Crippen MR) is 55.7 cm³/mol. The minimum absolute atomic E-state index is 0.000460. The molecular weight excluding hydrogens is 194 g/mol. The van der Waals surface area contributed by atoms with E-state index >= 15 is 0 Å². The van der Waals surface area contributed by atoms with Gasteiger partial charge in [-0.15, -0.1) is 0 Å². The van der Waals surface area contributed by atoms with E-state index in [0.717, 1.165) is 0 Å². The van der Waals surface area contributed by atoms with Gasteiger partial charge in [-0.2, -0.15) is 0 Å². The number of carbonyl (C=O) groups excluding carboxylic acids is 1. The van der Waals surface area contributed by atoms with E-state index in [4.69, 9.17) is 5.11 Å². The summed E-state index contributed by atoms with van der Waals surface area (Å²) in [6.45, 7) is 1.75. The van der Waals surface area contributed by atoms with Gasteiger partial charge in [-0.25, -0.2) is 4.79 Å². The average Bonchev–Trinajstić information content (AvgIpc) is 2.25. The Hall–Kier alpha value is -2.10. The fourth-order valence-corrected chi connectivity index (χ4v) is 1.10. The lowest BCUT2D eigenvalue weighted by Crippen LogP contribution is -2.20. The van der Waals surface area contributed by atoms with Crippen LogP contribution in [0.5, 0.6) is 0 Å². The normalized spacial score (nSPS) is 10.2. The second-order valence-electron chi connectivity index (χ2n) is 2.82. The molecule has 1 aromatic carbocycles. The standard InChI is InChI=1S/C11H11NO3/c1-2-7-12-10(13)8-5-3-4-6-9(8)11(14)15/h2-7H,1H3,(H,12,13)(H,14,15). The van der Waals surface area contributed by atoms with Crippen molar-refractivity contribution < 1.29 is 14.7 Å². The minimum Gasteiger partial charge on any atom is -0.478 e. The molecule has 4 nitrogen and oxygen atoms in total. The Morgan fingerprint density at radius 3 is 2.40 bits per heavy atom. The molecule has 0 atom stereocenters. The van der Waals surface area contributed by atoms with Crippen molar-refractivity contribution in [3.8, 4) is 0 Å². The second-order valence-corrected chi connectivity index (χ2v) is 2.82. The number of allylic oxidation sites excluding steroid dienone is 1. The molecule has 1 aromatic rings. The zero-order valence-electron chi connectivity index (χ0n) is 8.23. The van der Waals surface area contributed by atoms with E-state index in [1.807, 2.05) is 0 Å². The Kier molecular flexibility index (Phi) is 3.62. The van der Waals surface area contributed by atoms with Gasteiger partial charge in [-0.1, -0.05) is 18.2 Å². The van der Waals surface area contributed by atoms with E-state index in [1.165, 1.54) is 18.3 Å². The van der Waals surface area contributed by atoms with Crippen LogP contribution in [0.2, 0.25) is 0 Å². The third-order valence-electron chi connectivity index (χ3n) is 1.78. The number of carboxylic acids is 1. The number of aromatic carboxylic acids is 1. The maximum atomic E-state index is 11.5. The number of amides is 1. The van der Waals surface area contributed by atoms with Gasteiger partial charge >= 0.3 is 5.97 Å². The highest BCUT2D eigenvalue weighted by molar-refractivity contribution is 6.05. The SMILES string of the molecule is CC=CNC(=O)c1ccccc1C(=O)O. The van der Waals surface area contributed by atoms with E-state index < -0.39 is 11.9 Å². The second kappa shape index (κ2) is 4.95. The first-order valence-electron chi connectivity index (χ1n) is 4.41. The maximum absolute atomic E-state index is 11.5. The number of carbonyl (C=O) groups is 2. The topological polar surface area (TPSA) is 66.4 Å². The Morgan fingerprint density at radius 2 is 1.87 bits per heavy atom. The molecule has 0 fully saturated rings. The summed E-state index contributed by atoms with van der Waals surface area (Å²) in [5.74, 6) is -1.53. The van der Waals surface area contributed by atoms with Crippen LogP contribution in [-0.2, 0) is 0 Å². The number of nitrogens with one attached hydrogen (secondary N) is 1. The molecule has 0 heterocycles. The monoisotopic (exact) mass is 205 g/mol. The van der Waals surface area contributed by atoms with Gasteiger partial charge in [0, 0.05) is 0 Å². The number of hydrogen-bond donors (Lipinski definition) is 2. The van der Waals surface area contributed by atoms with Crippen molar-refractivity contribution in [1.82, 2.24) is 5.32 Å². The molecule has 0 aromatic heterocycles. The van der Waals surface area contributed by atoms with Crippen molar-refractivity contribution in [2.45, 2.75) is 6.92 Å². The van der Waals surface area contributed by atoms with E-state index in [1.54, 1.807) is 25.1 Å². The molecule has 0 saturated carbocycles. The van der Waals surface area contributed by atoms with Crippen LogP contribution in [0.4, 0.5) is 0 Å². The predicted octanol–water partition coefficient (Wildman–Crippen LogP) is 1.65. The average molecular weight is 205 g/mol. The van der Waals surface area contributed by atoms with E-state index in [0.29, 0.717) is 0 Å². The summed E-state index contributed by atoms with van der Waals surface area (Å²) in [5, 5.41) is 11.3. The van der Waals surface area contributed by atoms with Crippen LogP contribution in [0.1, 0.15) is 27.6 Å². The summed E-state index contributed by atoms with van der Waals surface area (Å²) in [7, 11) is 0. The van der Waals surface area contributed by atoms with Crippen LogP contribution < -0.4 is 5.32 Å². The van der Waals surface area contributed by atoms with Gasteiger partial charge < -0.3 is 10.4 Å². The minimum atomic E-state index is -1.11. The third kappa shape index (κ3) is 2.67. The van der Waals surface area contributed by atoms with Gasteiger partial charge in [0.05, 0.1) is 11.1 Å². The summed E-state index contributed by atoms with van der Waals surface area (Å²) >= 11 is 0. The first-order valence-corrected chi connectivity index (χ1v) is 4.41. The van der Waals surface area contributed by atoms with Gasteiger partial charge in [0.2, 0.25) is 0 Å². The molecule has 0 radical (unpaired) electrons. The van der Waals surface area contributed by atoms with Gasteiger partial charge in [0.25, 0.3) is 5.91 Å². The zero-order chi connectivity index (χ0) is 11.3. The largest absolute Gasteiger partial charge is 0.478 e. The molecule has 0 unspecified atom stereocenters. The summed E-state index contributed by atoms with van der Waals surface area (Å²) in [5.41, 5.74) is 0.155. The Balaban J connectivity index is 3.02. The number of rotatable bonds is 3. The summed E-state index contributed by atoms with van der Waals surface area (Å²) in [4.78, 5) is 22.3. The zero-order valence-corrected chi connectivity index (χ0v) is 8.23. The van der Waals surface area contributed by atoms with Crippen molar-refractivity contribution in [1.29, 1.82) is 0 Å². The van der Waals surface area contributed by atoms with Crippen molar-refractivity contribution in [3.05, 3.63) is 47.7 Å². The molecule has 0 aliphatic carbocycles. The Bertz CT molecular complexity index is 410. The van der Waals surface area contributed by atoms with Crippen molar-refractivity contribution >= 4 is 11.9 Å². The molecule has 0 aliphatic heterocycles. The summed E-state index contributed by atoms with van der Waals surface area (Å²) in [6.07, 6.45) is 3.11. The lowest BCUT2D eigenvalue weighted by Gasteiger charge is -2.03. The Morgan fingerprint density at radius 1 is 1.27 bits per heavy atom. The molecule has 1 amide bonds. The number of benzene rings is 1. The molecule has 0 aliphatic rings. The lowest BCUT2D eigenvalue weighted by molar-refractivity contribution is 0.0691. The van der Waals surface area contributed by atoms with Gasteiger partial charge in [0.1, 0.15) is 0 Å². The molecule has 78 valence electrons. The van der Waals surface area contributed by atoms with Crippen LogP contribution in [-0.4, -0.2) is 17.0 Å². The van der Waals surface area contributed by atoms with Gasteiger partial charge in [-0.05, 0) is 25.3 Å². The van der Waals surface area contributed by atoms with E-state index in [-0.39, 0.29) is 11.1 Å². The van der Waals surface area contributed by atoms with Crippen LogP contribution in [0, 0.1) is 0 Å². The summed E-state index contributed by atoms with van der Waals surface area (Å²) in [6, 6.07) is 6.07.